The number of anilines is 1. The van der Waals surface area contributed by atoms with Gasteiger partial charge < -0.3 is 5.32 Å². The van der Waals surface area contributed by atoms with Gasteiger partial charge in [-0.1, -0.05) is 29.5 Å². The summed E-state index contributed by atoms with van der Waals surface area (Å²) >= 11 is 2.73. The van der Waals surface area contributed by atoms with Gasteiger partial charge in [0.15, 0.2) is 15.0 Å². The Morgan fingerprint density at radius 1 is 1.20 bits per heavy atom. The molecule has 1 amide bonds. The lowest BCUT2D eigenvalue weighted by atomic mass is 10.3. The molecule has 3 rings (SSSR count). The molecule has 0 spiro atoms. The third kappa shape index (κ3) is 4.39. The molecule has 0 saturated carbocycles. The lowest BCUT2D eigenvalue weighted by Crippen LogP contribution is -2.22. The van der Waals surface area contributed by atoms with Gasteiger partial charge in [0.1, 0.15) is 0 Å². The van der Waals surface area contributed by atoms with Gasteiger partial charge in [0.2, 0.25) is 5.91 Å². The molecule has 0 aliphatic heterocycles. The highest BCUT2D eigenvalue weighted by atomic mass is 32.2. The number of amides is 1. The summed E-state index contributed by atoms with van der Waals surface area (Å²) in [6.45, 7) is 1.84. The number of nitrogens with zero attached hydrogens (tertiary/aromatic N) is 1. The minimum Gasteiger partial charge on any atom is -0.301 e. The van der Waals surface area contributed by atoms with Crippen LogP contribution in [-0.2, 0) is 14.6 Å². The van der Waals surface area contributed by atoms with Gasteiger partial charge in [0.05, 0.1) is 20.4 Å². The highest BCUT2D eigenvalue weighted by molar-refractivity contribution is 8.00. The number of thioether (sulfide) groups is 1. The van der Waals surface area contributed by atoms with Crippen LogP contribution in [0.5, 0.6) is 0 Å². The SMILES string of the molecule is CC(Sc1ccccc1)C(=O)Nc1nc2ccc(S(C)(=O)=O)cc2s1. The van der Waals surface area contributed by atoms with Crippen molar-refractivity contribution < 1.29 is 13.2 Å². The summed E-state index contributed by atoms with van der Waals surface area (Å²) in [6.07, 6.45) is 1.17. The highest BCUT2D eigenvalue weighted by Crippen LogP contribution is 2.29. The topological polar surface area (TPSA) is 76.1 Å². The van der Waals surface area contributed by atoms with Gasteiger partial charge in [-0.15, -0.1) is 11.8 Å². The van der Waals surface area contributed by atoms with Crippen LogP contribution in [0.15, 0.2) is 58.3 Å². The van der Waals surface area contributed by atoms with Gasteiger partial charge in [-0.05, 0) is 37.3 Å². The normalized spacial score (nSPS) is 12.9. The number of hydrogen-bond acceptors (Lipinski definition) is 6. The third-order valence-corrected chi connectivity index (χ3v) is 6.60. The maximum atomic E-state index is 12.4. The molecule has 2 aromatic carbocycles. The van der Waals surface area contributed by atoms with Gasteiger partial charge in [-0.25, -0.2) is 13.4 Å². The average molecular weight is 393 g/mol. The first kappa shape index (κ1) is 17.9. The van der Waals surface area contributed by atoms with E-state index in [1.807, 2.05) is 37.3 Å². The number of fused-ring (bicyclic) bond motifs is 1. The molecule has 1 heterocycles. The van der Waals surface area contributed by atoms with E-state index in [4.69, 9.17) is 0 Å². The monoisotopic (exact) mass is 392 g/mol. The van der Waals surface area contributed by atoms with E-state index in [9.17, 15) is 13.2 Å². The van der Waals surface area contributed by atoms with Crippen LogP contribution >= 0.6 is 23.1 Å². The lowest BCUT2D eigenvalue weighted by molar-refractivity contribution is -0.115. The summed E-state index contributed by atoms with van der Waals surface area (Å²) in [5.74, 6) is -0.142. The molecule has 1 unspecified atom stereocenters. The molecular formula is C17H16N2O3S3. The Morgan fingerprint density at radius 3 is 2.60 bits per heavy atom. The van der Waals surface area contributed by atoms with Gasteiger partial charge in [0, 0.05) is 11.2 Å². The van der Waals surface area contributed by atoms with Gasteiger partial charge in [-0.2, -0.15) is 0 Å². The van der Waals surface area contributed by atoms with E-state index in [1.54, 1.807) is 12.1 Å². The summed E-state index contributed by atoms with van der Waals surface area (Å²) in [4.78, 5) is 18.0. The number of thiazole rings is 1. The molecule has 1 aromatic heterocycles. The number of hydrogen-bond donors (Lipinski definition) is 1. The zero-order valence-corrected chi connectivity index (χ0v) is 16.0. The molecule has 5 nitrogen and oxygen atoms in total. The molecule has 130 valence electrons. The number of nitrogens with one attached hydrogen (secondary N) is 1. The van der Waals surface area contributed by atoms with E-state index in [2.05, 4.69) is 10.3 Å². The first-order chi connectivity index (χ1) is 11.8. The third-order valence-electron chi connectivity index (χ3n) is 3.44. The summed E-state index contributed by atoms with van der Waals surface area (Å²) in [6, 6.07) is 14.5. The molecule has 0 bridgehead atoms. The standard InChI is InChI=1S/C17H16N2O3S3/c1-11(23-12-6-4-3-5-7-12)16(20)19-17-18-14-9-8-13(25(2,21)22)10-15(14)24-17/h3-11H,1-2H3,(H,18,19,20). The van der Waals surface area contributed by atoms with Crippen molar-refractivity contribution in [1.82, 2.24) is 4.98 Å². The number of carbonyl (C=O) groups excluding carboxylic acids is 1. The second kappa shape index (κ2) is 7.15. The van der Waals surface area contributed by atoms with Gasteiger partial charge in [0.25, 0.3) is 0 Å². The maximum Gasteiger partial charge on any atom is 0.239 e. The zero-order valence-electron chi connectivity index (χ0n) is 13.6. The van der Waals surface area contributed by atoms with E-state index in [0.717, 1.165) is 9.60 Å². The molecule has 25 heavy (non-hydrogen) atoms. The Hall–Kier alpha value is -1.90. The van der Waals surface area contributed by atoms with E-state index in [1.165, 1.54) is 35.4 Å². The average Bonchev–Trinajstić information content (AvgIpc) is 2.96. The highest BCUT2D eigenvalue weighted by Gasteiger charge is 2.17. The number of rotatable bonds is 5. The van der Waals surface area contributed by atoms with Crippen LogP contribution in [0.3, 0.4) is 0 Å². The number of sulfone groups is 1. The zero-order chi connectivity index (χ0) is 18.0. The van der Waals surface area contributed by atoms with Crippen molar-refractivity contribution in [1.29, 1.82) is 0 Å². The summed E-state index contributed by atoms with van der Waals surface area (Å²) in [5.41, 5.74) is 0.663. The number of aromatic nitrogens is 1. The van der Waals surface area contributed by atoms with E-state index in [0.29, 0.717) is 10.6 Å². The second-order valence-electron chi connectivity index (χ2n) is 5.48. The van der Waals surface area contributed by atoms with E-state index >= 15 is 0 Å². The molecule has 0 aliphatic carbocycles. The van der Waals surface area contributed by atoms with Crippen molar-refractivity contribution in [2.45, 2.75) is 22.0 Å². The van der Waals surface area contributed by atoms with Crippen LogP contribution in [0.2, 0.25) is 0 Å². The first-order valence-electron chi connectivity index (χ1n) is 7.46. The van der Waals surface area contributed by atoms with Crippen LogP contribution in [0, 0.1) is 0 Å². The fraction of sp³-hybridized carbons (Fsp3) is 0.176. The fourth-order valence-electron chi connectivity index (χ4n) is 2.15. The Bertz CT molecular complexity index is 1010. The maximum absolute atomic E-state index is 12.4. The molecule has 0 saturated heterocycles. The van der Waals surface area contributed by atoms with Crippen LogP contribution in [0.25, 0.3) is 10.2 Å². The van der Waals surface area contributed by atoms with Gasteiger partial charge >= 0.3 is 0 Å². The Morgan fingerprint density at radius 2 is 1.92 bits per heavy atom. The predicted octanol–water partition coefficient (Wildman–Crippen LogP) is 3.82. The smallest absolute Gasteiger partial charge is 0.239 e. The van der Waals surface area contributed by atoms with Crippen molar-refractivity contribution >= 4 is 54.2 Å². The Kier molecular flexibility index (Phi) is 5.12. The Balaban J connectivity index is 1.75. The molecule has 1 N–H and O–H groups in total. The fourth-order valence-corrected chi connectivity index (χ4v) is 4.67. The van der Waals surface area contributed by atoms with Crippen LogP contribution in [0.4, 0.5) is 5.13 Å². The number of benzene rings is 2. The summed E-state index contributed by atoms with van der Waals surface area (Å²) < 4.78 is 24.0. The molecule has 8 heteroatoms. The summed E-state index contributed by atoms with van der Waals surface area (Å²) in [5, 5.41) is 2.99. The van der Waals surface area contributed by atoms with Crippen molar-refractivity contribution in [2.75, 3.05) is 11.6 Å². The van der Waals surface area contributed by atoms with Crippen LogP contribution < -0.4 is 5.32 Å². The molecule has 0 fully saturated rings. The van der Waals surface area contributed by atoms with Crippen molar-refractivity contribution in [3.05, 3.63) is 48.5 Å². The molecule has 0 radical (unpaired) electrons. The number of carbonyl (C=O) groups is 1. The molecular weight excluding hydrogens is 376 g/mol. The largest absolute Gasteiger partial charge is 0.301 e. The Labute approximate surface area is 154 Å². The minimum absolute atomic E-state index is 0.142. The van der Waals surface area contributed by atoms with Crippen LogP contribution in [0.1, 0.15) is 6.92 Å². The summed E-state index contributed by atoms with van der Waals surface area (Å²) in [7, 11) is -3.27. The van der Waals surface area contributed by atoms with Gasteiger partial charge in [-0.3, -0.25) is 4.79 Å². The molecule has 0 aliphatic rings. The molecule has 3 aromatic rings. The van der Waals surface area contributed by atoms with Crippen LogP contribution in [-0.4, -0.2) is 30.8 Å². The first-order valence-corrected chi connectivity index (χ1v) is 11.0. The minimum atomic E-state index is -3.27. The van der Waals surface area contributed by atoms with Crippen molar-refractivity contribution in [3.63, 3.8) is 0 Å². The predicted molar refractivity (Wildman–Crippen MR) is 103 cm³/mol. The van der Waals surface area contributed by atoms with Crippen molar-refractivity contribution in [3.8, 4) is 0 Å². The molecule has 1 atom stereocenters. The van der Waals surface area contributed by atoms with Crippen molar-refractivity contribution in [2.24, 2.45) is 0 Å². The quantitative estimate of drug-likeness (QED) is 0.668. The van der Waals surface area contributed by atoms with E-state index < -0.39 is 9.84 Å². The van der Waals surface area contributed by atoms with E-state index in [-0.39, 0.29) is 16.1 Å². The second-order valence-corrected chi connectivity index (χ2v) is 9.94. The lowest BCUT2D eigenvalue weighted by Gasteiger charge is -2.10.